The molecule has 1 saturated heterocycles. The van der Waals surface area contributed by atoms with E-state index < -0.39 is 30.0 Å². The van der Waals surface area contributed by atoms with Crippen LogP contribution in [0, 0.1) is 5.92 Å². The van der Waals surface area contributed by atoms with E-state index in [-0.39, 0.29) is 13.2 Å². The molecule has 4 rings (SSSR count). The summed E-state index contributed by atoms with van der Waals surface area (Å²) in [6.45, 7) is 1.65. The van der Waals surface area contributed by atoms with E-state index in [0.717, 1.165) is 22.4 Å². The Kier molecular flexibility index (Phi) is 5.59. The number of aliphatic hydroxyl groups excluding tert-OH is 3. The Hall–Kier alpha value is -1.67. The maximum Gasteiger partial charge on any atom is 0.225 e. The monoisotopic (exact) mass is 420 g/mol. The molecule has 1 fully saturated rings. The van der Waals surface area contributed by atoms with Crippen LogP contribution >= 0.6 is 11.6 Å². The lowest BCUT2D eigenvalue weighted by Gasteiger charge is -2.47. The number of benzene rings is 2. The van der Waals surface area contributed by atoms with Crippen molar-refractivity contribution in [3.05, 3.63) is 63.7 Å². The van der Waals surface area contributed by atoms with Crippen molar-refractivity contribution in [1.82, 2.24) is 0 Å². The molecule has 0 aliphatic carbocycles. The van der Waals surface area contributed by atoms with Gasteiger partial charge in [-0.15, -0.1) is 0 Å². The van der Waals surface area contributed by atoms with E-state index in [0.29, 0.717) is 17.0 Å². The fraction of sp³-hybridized carbons (Fsp3) is 0.455. The molecule has 5 atom stereocenters. The highest BCUT2D eigenvalue weighted by Gasteiger charge is 2.57. The van der Waals surface area contributed by atoms with E-state index in [2.05, 4.69) is 0 Å². The fourth-order valence-corrected chi connectivity index (χ4v) is 4.40. The van der Waals surface area contributed by atoms with Gasteiger partial charge < -0.3 is 29.5 Å². The van der Waals surface area contributed by atoms with Gasteiger partial charge in [-0.3, -0.25) is 0 Å². The Morgan fingerprint density at radius 1 is 1.21 bits per heavy atom. The SMILES string of the molecule is COc1ccc(Cc2cc3c(cc2Cl)CO[C@]32O[C@H](CO)[C@@H](C)[C@H](O)[C@H]2O)cc1. The molecule has 0 bridgehead atoms. The van der Waals surface area contributed by atoms with E-state index in [9.17, 15) is 15.3 Å². The lowest BCUT2D eigenvalue weighted by atomic mass is 9.82. The standard InChI is InChI=1S/C22H25ClO6/c1-12-19(10-24)29-22(21(26)20(12)25)17-8-14(18(23)9-15(17)11-28-22)7-13-3-5-16(27-2)6-4-13/h3-6,8-9,12,19-21,24-26H,7,10-11H2,1-2H3/t12-,19-,20+,21-,22+/m1/s1. The molecule has 0 amide bonds. The highest BCUT2D eigenvalue weighted by molar-refractivity contribution is 6.31. The first kappa shape index (κ1) is 20.6. The third kappa shape index (κ3) is 3.44. The molecule has 29 heavy (non-hydrogen) atoms. The predicted molar refractivity (Wildman–Crippen MR) is 107 cm³/mol. The average molecular weight is 421 g/mol. The molecule has 0 unspecified atom stereocenters. The van der Waals surface area contributed by atoms with Crippen LogP contribution in [0.25, 0.3) is 0 Å². The van der Waals surface area contributed by atoms with Crippen molar-refractivity contribution in [1.29, 1.82) is 0 Å². The van der Waals surface area contributed by atoms with E-state index in [1.165, 1.54) is 0 Å². The number of aliphatic hydroxyl groups is 3. The number of halogens is 1. The van der Waals surface area contributed by atoms with Gasteiger partial charge in [-0.2, -0.15) is 0 Å². The summed E-state index contributed by atoms with van der Waals surface area (Å²) in [6.07, 6.45) is -2.45. The van der Waals surface area contributed by atoms with Crippen molar-refractivity contribution in [2.24, 2.45) is 5.92 Å². The van der Waals surface area contributed by atoms with Crippen molar-refractivity contribution in [3.8, 4) is 5.75 Å². The number of fused-ring (bicyclic) bond motifs is 2. The van der Waals surface area contributed by atoms with Crippen LogP contribution < -0.4 is 4.74 Å². The van der Waals surface area contributed by atoms with Gasteiger partial charge in [-0.1, -0.05) is 30.7 Å². The lowest BCUT2D eigenvalue weighted by molar-refractivity contribution is -0.360. The summed E-state index contributed by atoms with van der Waals surface area (Å²) in [7, 11) is 1.62. The normalized spacial score (nSPS) is 31.1. The molecule has 2 aliphatic rings. The maximum absolute atomic E-state index is 10.8. The molecule has 3 N–H and O–H groups in total. The zero-order valence-electron chi connectivity index (χ0n) is 16.3. The molecular weight excluding hydrogens is 396 g/mol. The highest BCUT2D eigenvalue weighted by atomic mass is 35.5. The number of methoxy groups -OCH3 is 1. The number of rotatable bonds is 4. The smallest absolute Gasteiger partial charge is 0.225 e. The molecule has 0 aromatic heterocycles. The third-order valence-electron chi connectivity index (χ3n) is 5.99. The van der Waals surface area contributed by atoms with Crippen LogP contribution in [0.3, 0.4) is 0 Å². The van der Waals surface area contributed by atoms with Crippen molar-refractivity contribution >= 4 is 11.6 Å². The minimum absolute atomic E-state index is 0.203. The van der Waals surface area contributed by atoms with Gasteiger partial charge in [0.1, 0.15) is 11.9 Å². The molecule has 6 nitrogen and oxygen atoms in total. The number of hydrogen-bond donors (Lipinski definition) is 3. The van der Waals surface area contributed by atoms with Gasteiger partial charge >= 0.3 is 0 Å². The van der Waals surface area contributed by atoms with Gasteiger partial charge in [0.2, 0.25) is 5.79 Å². The van der Waals surface area contributed by atoms with Gasteiger partial charge in [-0.05, 0) is 47.4 Å². The van der Waals surface area contributed by atoms with Crippen LogP contribution in [-0.4, -0.2) is 47.3 Å². The van der Waals surface area contributed by atoms with E-state index in [1.807, 2.05) is 36.4 Å². The Labute approximate surface area is 174 Å². The van der Waals surface area contributed by atoms with Crippen LogP contribution in [-0.2, 0) is 28.3 Å². The minimum atomic E-state index is -1.52. The summed E-state index contributed by atoms with van der Waals surface area (Å²) in [4.78, 5) is 0. The van der Waals surface area contributed by atoms with Crippen LogP contribution in [0.4, 0.5) is 0 Å². The Bertz CT molecular complexity index is 884. The van der Waals surface area contributed by atoms with Gasteiger partial charge in [0.25, 0.3) is 0 Å². The molecule has 0 radical (unpaired) electrons. The van der Waals surface area contributed by atoms with Crippen molar-refractivity contribution in [2.45, 2.75) is 44.1 Å². The molecule has 1 spiro atoms. The van der Waals surface area contributed by atoms with Crippen molar-refractivity contribution in [2.75, 3.05) is 13.7 Å². The Morgan fingerprint density at radius 3 is 2.59 bits per heavy atom. The second-order valence-electron chi connectivity index (χ2n) is 7.72. The van der Waals surface area contributed by atoms with E-state index in [1.54, 1.807) is 14.0 Å². The van der Waals surface area contributed by atoms with Crippen LogP contribution in [0.1, 0.15) is 29.2 Å². The summed E-state index contributed by atoms with van der Waals surface area (Å²) in [5.41, 5.74) is 3.34. The second kappa shape index (κ2) is 7.87. The third-order valence-corrected chi connectivity index (χ3v) is 6.34. The highest BCUT2D eigenvalue weighted by Crippen LogP contribution is 2.48. The number of ether oxygens (including phenoxy) is 3. The first-order chi connectivity index (χ1) is 13.9. The van der Waals surface area contributed by atoms with Crippen LogP contribution in [0.2, 0.25) is 5.02 Å². The van der Waals surface area contributed by atoms with Crippen molar-refractivity contribution in [3.63, 3.8) is 0 Å². The van der Waals surface area contributed by atoms with Gasteiger partial charge in [0.15, 0.2) is 0 Å². The number of hydrogen-bond acceptors (Lipinski definition) is 6. The summed E-state index contributed by atoms with van der Waals surface area (Å²) in [5.74, 6) is -1.18. The quantitative estimate of drug-likeness (QED) is 0.703. The largest absolute Gasteiger partial charge is 0.497 e. The topological polar surface area (TPSA) is 88.4 Å². The van der Waals surface area contributed by atoms with Gasteiger partial charge in [0.05, 0.1) is 32.5 Å². The molecule has 2 aromatic carbocycles. The first-order valence-electron chi connectivity index (χ1n) is 9.63. The second-order valence-corrected chi connectivity index (χ2v) is 8.12. The van der Waals surface area contributed by atoms with E-state index in [4.69, 9.17) is 25.8 Å². The summed E-state index contributed by atoms with van der Waals surface area (Å²) >= 11 is 6.51. The first-order valence-corrected chi connectivity index (χ1v) is 10.0. The fourth-order valence-electron chi connectivity index (χ4n) is 4.14. The molecule has 2 aromatic rings. The minimum Gasteiger partial charge on any atom is -0.497 e. The lowest BCUT2D eigenvalue weighted by Crippen LogP contribution is -2.60. The van der Waals surface area contributed by atoms with Crippen LogP contribution in [0.15, 0.2) is 36.4 Å². The van der Waals surface area contributed by atoms with Crippen LogP contribution in [0.5, 0.6) is 5.75 Å². The van der Waals surface area contributed by atoms with Gasteiger partial charge in [-0.25, -0.2) is 0 Å². The summed E-state index contributed by atoms with van der Waals surface area (Å²) in [5, 5.41) is 31.7. The summed E-state index contributed by atoms with van der Waals surface area (Å²) < 4.78 is 17.1. The molecule has 156 valence electrons. The van der Waals surface area contributed by atoms with Gasteiger partial charge in [0, 0.05) is 16.5 Å². The van der Waals surface area contributed by atoms with Crippen molar-refractivity contribution < 1.29 is 29.5 Å². The average Bonchev–Trinajstić information content (AvgIpc) is 3.08. The molecular formula is C22H25ClO6. The molecule has 2 aliphatic heterocycles. The Morgan fingerprint density at radius 2 is 1.93 bits per heavy atom. The molecule has 2 heterocycles. The Balaban J connectivity index is 1.71. The zero-order chi connectivity index (χ0) is 20.8. The van der Waals surface area contributed by atoms with E-state index >= 15 is 0 Å². The zero-order valence-corrected chi connectivity index (χ0v) is 17.1. The predicted octanol–water partition coefficient (Wildman–Crippen LogP) is 2.37. The molecule has 7 heteroatoms. The maximum atomic E-state index is 10.8. The summed E-state index contributed by atoms with van der Waals surface area (Å²) in [6, 6.07) is 11.4. The molecule has 0 saturated carbocycles.